The molecule has 0 fully saturated rings. The molecule has 0 atom stereocenters. The van der Waals surface area contributed by atoms with E-state index in [1.165, 1.54) is 7.11 Å². The fraction of sp³-hybridized carbons (Fsp3) is 0.417. The molecule has 0 aliphatic carbocycles. The molecule has 0 saturated carbocycles. The van der Waals surface area contributed by atoms with Crippen LogP contribution in [-0.4, -0.2) is 33.2 Å². The zero-order chi connectivity index (χ0) is 12.7. The van der Waals surface area contributed by atoms with Crippen LogP contribution in [0.25, 0.3) is 0 Å². The molecule has 18 heavy (non-hydrogen) atoms. The van der Waals surface area contributed by atoms with Gasteiger partial charge in [0.25, 0.3) is 5.91 Å². The fourth-order valence-corrected chi connectivity index (χ4v) is 1.58. The Hall–Kier alpha value is -0.970. The second-order valence-electron chi connectivity index (χ2n) is 3.56. The van der Waals surface area contributed by atoms with Gasteiger partial charge in [0, 0.05) is 11.6 Å². The third kappa shape index (κ3) is 5.12. The summed E-state index contributed by atoms with van der Waals surface area (Å²) in [6, 6.07) is 4.96. The largest absolute Gasteiger partial charge is 0.496 e. The van der Waals surface area contributed by atoms with E-state index in [1.807, 2.05) is 7.05 Å². The Labute approximate surface area is 118 Å². The van der Waals surface area contributed by atoms with Crippen molar-refractivity contribution in [3.8, 4) is 5.75 Å². The van der Waals surface area contributed by atoms with Gasteiger partial charge in [-0.2, -0.15) is 0 Å². The number of amides is 1. The Bertz CT molecular complexity index is 386. The van der Waals surface area contributed by atoms with E-state index in [4.69, 9.17) is 16.3 Å². The lowest BCUT2D eigenvalue weighted by molar-refractivity contribution is 0.0950. The molecular formula is C12H18Cl2N2O2. The van der Waals surface area contributed by atoms with Gasteiger partial charge in [-0.05, 0) is 38.2 Å². The van der Waals surface area contributed by atoms with E-state index < -0.39 is 0 Å². The van der Waals surface area contributed by atoms with Gasteiger partial charge in [0.05, 0.1) is 12.7 Å². The van der Waals surface area contributed by atoms with Gasteiger partial charge in [-0.15, -0.1) is 12.4 Å². The number of ether oxygens (including phenoxy) is 1. The standard InChI is InChI=1S/C12H17ClN2O2.ClH/c1-14-6-3-7-15-12(16)10-5-4-9(13)8-11(10)17-2;/h4-5,8,14H,3,6-7H2,1-2H3,(H,15,16);1H. The summed E-state index contributed by atoms with van der Waals surface area (Å²) in [6.45, 7) is 1.50. The average Bonchev–Trinajstić information content (AvgIpc) is 2.34. The predicted molar refractivity (Wildman–Crippen MR) is 76.1 cm³/mol. The Balaban J connectivity index is 0.00000289. The van der Waals surface area contributed by atoms with Gasteiger partial charge in [-0.1, -0.05) is 11.6 Å². The van der Waals surface area contributed by atoms with E-state index in [-0.39, 0.29) is 18.3 Å². The summed E-state index contributed by atoms with van der Waals surface area (Å²) in [7, 11) is 3.40. The monoisotopic (exact) mass is 292 g/mol. The molecule has 2 N–H and O–H groups in total. The first kappa shape index (κ1) is 17.0. The first-order valence-electron chi connectivity index (χ1n) is 5.45. The normalized spacial score (nSPS) is 9.50. The van der Waals surface area contributed by atoms with Gasteiger partial charge < -0.3 is 15.4 Å². The molecule has 1 amide bonds. The molecule has 0 unspecified atom stereocenters. The molecule has 0 bridgehead atoms. The molecule has 1 aromatic rings. The SMILES string of the molecule is CNCCCNC(=O)c1ccc(Cl)cc1OC.Cl. The third-order valence-electron chi connectivity index (χ3n) is 2.30. The van der Waals surface area contributed by atoms with Crippen molar-refractivity contribution >= 4 is 29.9 Å². The van der Waals surface area contributed by atoms with Gasteiger partial charge in [-0.3, -0.25) is 4.79 Å². The first-order chi connectivity index (χ1) is 8.19. The zero-order valence-corrected chi connectivity index (χ0v) is 12.0. The number of nitrogens with one attached hydrogen (secondary N) is 2. The van der Waals surface area contributed by atoms with Crippen molar-refractivity contribution in [2.24, 2.45) is 0 Å². The number of methoxy groups -OCH3 is 1. The van der Waals surface area contributed by atoms with Crippen molar-refractivity contribution in [1.29, 1.82) is 0 Å². The summed E-state index contributed by atoms with van der Waals surface area (Å²) in [5, 5.41) is 6.39. The Kier molecular flexibility index (Phi) is 8.54. The van der Waals surface area contributed by atoms with E-state index in [1.54, 1.807) is 18.2 Å². The highest BCUT2D eigenvalue weighted by atomic mass is 35.5. The summed E-state index contributed by atoms with van der Waals surface area (Å²) >= 11 is 5.83. The summed E-state index contributed by atoms with van der Waals surface area (Å²) < 4.78 is 5.12. The van der Waals surface area contributed by atoms with E-state index >= 15 is 0 Å². The van der Waals surface area contributed by atoms with Crippen LogP contribution in [-0.2, 0) is 0 Å². The zero-order valence-electron chi connectivity index (χ0n) is 10.5. The molecule has 0 aliphatic rings. The smallest absolute Gasteiger partial charge is 0.255 e. The molecule has 6 heteroatoms. The van der Waals surface area contributed by atoms with E-state index in [0.717, 1.165) is 13.0 Å². The van der Waals surface area contributed by atoms with E-state index in [2.05, 4.69) is 10.6 Å². The van der Waals surface area contributed by atoms with E-state index in [0.29, 0.717) is 22.9 Å². The van der Waals surface area contributed by atoms with Crippen molar-refractivity contribution in [2.75, 3.05) is 27.2 Å². The van der Waals surface area contributed by atoms with Crippen LogP contribution in [0.4, 0.5) is 0 Å². The molecule has 1 aromatic carbocycles. The van der Waals surface area contributed by atoms with Crippen LogP contribution in [0.2, 0.25) is 5.02 Å². The van der Waals surface area contributed by atoms with Crippen LogP contribution in [0.1, 0.15) is 16.8 Å². The first-order valence-corrected chi connectivity index (χ1v) is 5.83. The molecule has 0 spiro atoms. The number of benzene rings is 1. The highest BCUT2D eigenvalue weighted by molar-refractivity contribution is 6.30. The number of halogens is 2. The fourth-order valence-electron chi connectivity index (χ4n) is 1.41. The van der Waals surface area contributed by atoms with Crippen molar-refractivity contribution in [1.82, 2.24) is 10.6 Å². The number of carbonyl (C=O) groups excluding carboxylic acids is 1. The molecular weight excluding hydrogens is 275 g/mol. The number of carbonyl (C=O) groups is 1. The van der Waals surface area contributed by atoms with Crippen LogP contribution in [0.15, 0.2) is 18.2 Å². The van der Waals surface area contributed by atoms with Gasteiger partial charge in [0.15, 0.2) is 0 Å². The molecule has 102 valence electrons. The Morgan fingerprint density at radius 3 is 2.72 bits per heavy atom. The minimum Gasteiger partial charge on any atom is -0.496 e. The molecule has 0 aromatic heterocycles. The summed E-state index contributed by atoms with van der Waals surface area (Å²) in [5.41, 5.74) is 0.501. The lowest BCUT2D eigenvalue weighted by atomic mass is 10.2. The van der Waals surface area contributed by atoms with Crippen LogP contribution >= 0.6 is 24.0 Å². The quantitative estimate of drug-likeness (QED) is 0.790. The number of hydrogen-bond acceptors (Lipinski definition) is 3. The van der Waals surface area contributed by atoms with Crippen LogP contribution in [0.3, 0.4) is 0 Å². The maximum absolute atomic E-state index is 11.8. The highest BCUT2D eigenvalue weighted by Gasteiger charge is 2.11. The third-order valence-corrected chi connectivity index (χ3v) is 2.53. The minimum atomic E-state index is -0.144. The van der Waals surface area contributed by atoms with Gasteiger partial charge in [-0.25, -0.2) is 0 Å². The second kappa shape index (κ2) is 9.03. The highest BCUT2D eigenvalue weighted by Crippen LogP contribution is 2.22. The number of rotatable bonds is 6. The van der Waals surface area contributed by atoms with Gasteiger partial charge >= 0.3 is 0 Å². The Morgan fingerprint density at radius 1 is 1.39 bits per heavy atom. The molecule has 0 aliphatic heterocycles. The van der Waals surface area contributed by atoms with Crippen LogP contribution < -0.4 is 15.4 Å². The summed E-state index contributed by atoms with van der Waals surface area (Å²) in [4.78, 5) is 11.8. The average molecular weight is 293 g/mol. The van der Waals surface area contributed by atoms with E-state index in [9.17, 15) is 4.79 Å². The van der Waals surface area contributed by atoms with Crippen molar-refractivity contribution in [2.45, 2.75) is 6.42 Å². The topological polar surface area (TPSA) is 50.4 Å². The maximum Gasteiger partial charge on any atom is 0.255 e. The van der Waals surface area contributed by atoms with Gasteiger partial charge in [0.1, 0.15) is 5.75 Å². The van der Waals surface area contributed by atoms with Crippen molar-refractivity contribution in [3.05, 3.63) is 28.8 Å². The van der Waals surface area contributed by atoms with Crippen molar-refractivity contribution in [3.63, 3.8) is 0 Å². The molecule has 0 saturated heterocycles. The number of hydrogen-bond donors (Lipinski definition) is 2. The van der Waals surface area contributed by atoms with Crippen LogP contribution in [0, 0.1) is 0 Å². The lowest BCUT2D eigenvalue weighted by Crippen LogP contribution is -2.26. The maximum atomic E-state index is 11.8. The lowest BCUT2D eigenvalue weighted by Gasteiger charge is -2.09. The van der Waals surface area contributed by atoms with Crippen molar-refractivity contribution < 1.29 is 9.53 Å². The Morgan fingerprint density at radius 2 is 2.11 bits per heavy atom. The van der Waals surface area contributed by atoms with Gasteiger partial charge in [0.2, 0.25) is 0 Å². The second-order valence-corrected chi connectivity index (χ2v) is 3.99. The molecule has 0 radical (unpaired) electrons. The predicted octanol–water partition coefficient (Wildman–Crippen LogP) is 2.11. The summed E-state index contributed by atoms with van der Waals surface area (Å²) in [6.07, 6.45) is 0.887. The minimum absolute atomic E-state index is 0. The van der Waals surface area contributed by atoms with Crippen LogP contribution in [0.5, 0.6) is 5.75 Å². The molecule has 4 nitrogen and oxygen atoms in total. The molecule has 1 rings (SSSR count). The molecule has 0 heterocycles. The summed E-state index contributed by atoms with van der Waals surface area (Å²) in [5.74, 6) is 0.346.